The lowest BCUT2D eigenvalue weighted by molar-refractivity contribution is 0.118. The van der Waals surface area contributed by atoms with E-state index in [4.69, 9.17) is 9.05 Å². The third-order valence-corrected chi connectivity index (χ3v) is 3.62. The molecule has 0 aliphatic heterocycles. The minimum atomic E-state index is -2.70. The molecular formula is C10H17N6O3P. The number of H-pyrrole nitrogens is 2. The van der Waals surface area contributed by atoms with Crippen LogP contribution in [0.15, 0.2) is 12.7 Å². The van der Waals surface area contributed by atoms with Crippen LogP contribution < -0.4 is 0 Å². The Morgan fingerprint density at radius 3 is 1.80 bits per heavy atom. The van der Waals surface area contributed by atoms with Gasteiger partial charge in [0.15, 0.2) is 11.6 Å². The Hall–Kier alpha value is -1.57. The second kappa shape index (κ2) is 7.28. The summed E-state index contributed by atoms with van der Waals surface area (Å²) in [5.41, 5.74) is 0. The quantitative estimate of drug-likeness (QED) is 0.715. The van der Waals surface area contributed by atoms with Crippen LogP contribution in [0.25, 0.3) is 0 Å². The summed E-state index contributed by atoms with van der Waals surface area (Å²) in [5.74, 6) is 0.917. The van der Waals surface area contributed by atoms with E-state index in [0.29, 0.717) is 24.5 Å². The minimum absolute atomic E-state index is 0.459. The van der Waals surface area contributed by atoms with E-state index in [2.05, 4.69) is 30.4 Å². The zero-order chi connectivity index (χ0) is 14.4. The average Bonchev–Trinajstić information content (AvgIpc) is 3.14. The van der Waals surface area contributed by atoms with Crippen LogP contribution in [-0.2, 0) is 13.6 Å². The minimum Gasteiger partial charge on any atom is -0.299 e. The smallest absolute Gasteiger partial charge is 0.299 e. The Morgan fingerprint density at radius 2 is 1.50 bits per heavy atom. The molecule has 0 saturated heterocycles. The maximum atomic E-state index is 12.0. The SMILES string of the molecule is CCC(O[PH](=O)OC(CC)c1nc[nH]n1)c1nc[nH]n1. The van der Waals surface area contributed by atoms with Crippen LogP contribution in [-0.4, -0.2) is 30.4 Å². The van der Waals surface area contributed by atoms with Crippen molar-refractivity contribution in [3.8, 4) is 0 Å². The molecule has 0 saturated carbocycles. The first-order valence-corrected chi connectivity index (χ1v) is 7.55. The van der Waals surface area contributed by atoms with Gasteiger partial charge in [-0.25, -0.2) is 9.97 Å². The molecule has 2 N–H and O–H groups in total. The molecule has 0 bridgehead atoms. The Balaban J connectivity index is 1.94. The summed E-state index contributed by atoms with van der Waals surface area (Å²) in [6.07, 6.45) is 3.16. The van der Waals surface area contributed by atoms with E-state index < -0.39 is 20.5 Å². The Morgan fingerprint density at radius 1 is 1.05 bits per heavy atom. The summed E-state index contributed by atoms with van der Waals surface area (Å²) in [6.45, 7) is 3.78. The molecule has 10 heteroatoms. The standard InChI is InChI=1S/C10H17N6O3P/c1-3-7(9-11-5-13-15-9)18-20(17)19-8(4-2)10-12-6-14-16-10/h5-8,20H,3-4H2,1-2H3,(H,11,13,15)(H,12,14,16). The van der Waals surface area contributed by atoms with Gasteiger partial charge >= 0.3 is 8.25 Å². The lowest BCUT2D eigenvalue weighted by Crippen LogP contribution is -2.05. The van der Waals surface area contributed by atoms with Gasteiger partial charge in [-0.3, -0.25) is 23.8 Å². The highest BCUT2D eigenvalue weighted by Crippen LogP contribution is 2.38. The summed E-state index contributed by atoms with van der Waals surface area (Å²) in [4.78, 5) is 7.98. The lowest BCUT2D eigenvalue weighted by atomic mass is 10.3. The molecule has 110 valence electrons. The molecule has 0 aliphatic rings. The van der Waals surface area contributed by atoms with Gasteiger partial charge in [0.25, 0.3) is 0 Å². The molecular weight excluding hydrogens is 283 g/mol. The van der Waals surface area contributed by atoms with Crippen molar-refractivity contribution in [1.29, 1.82) is 0 Å². The third-order valence-electron chi connectivity index (χ3n) is 2.66. The molecule has 0 aliphatic carbocycles. The maximum absolute atomic E-state index is 12.0. The van der Waals surface area contributed by atoms with Crippen molar-refractivity contribution in [3.63, 3.8) is 0 Å². The number of aromatic amines is 2. The number of aromatic nitrogens is 6. The van der Waals surface area contributed by atoms with E-state index in [9.17, 15) is 4.57 Å². The summed E-state index contributed by atoms with van der Waals surface area (Å²) in [7, 11) is -2.70. The van der Waals surface area contributed by atoms with Gasteiger partial charge in [0.2, 0.25) is 0 Å². The fourth-order valence-electron chi connectivity index (χ4n) is 1.65. The van der Waals surface area contributed by atoms with Crippen molar-refractivity contribution in [2.75, 3.05) is 0 Å². The monoisotopic (exact) mass is 300 g/mol. The van der Waals surface area contributed by atoms with Crippen molar-refractivity contribution in [2.24, 2.45) is 0 Å². The Labute approximate surface area is 116 Å². The number of nitrogens with one attached hydrogen (secondary N) is 2. The molecule has 20 heavy (non-hydrogen) atoms. The van der Waals surface area contributed by atoms with Crippen molar-refractivity contribution in [1.82, 2.24) is 30.4 Å². The first kappa shape index (κ1) is 14.8. The van der Waals surface area contributed by atoms with Crippen molar-refractivity contribution < 1.29 is 13.6 Å². The summed E-state index contributed by atoms with van der Waals surface area (Å²) < 4.78 is 22.8. The molecule has 2 unspecified atom stereocenters. The van der Waals surface area contributed by atoms with Gasteiger partial charge in [0.1, 0.15) is 24.9 Å². The molecule has 2 rings (SSSR count). The second-order valence-corrected chi connectivity index (χ2v) is 4.97. The molecule has 2 atom stereocenters. The van der Waals surface area contributed by atoms with E-state index in [1.54, 1.807) is 0 Å². The maximum Gasteiger partial charge on any atom is 0.320 e. The highest BCUT2D eigenvalue weighted by atomic mass is 31.1. The summed E-state index contributed by atoms with van der Waals surface area (Å²) in [5, 5.41) is 13.0. The van der Waals surface area contributed by atoms with Crippen LogP contribution in [0.3, 0.4) is 0 Å². The van der Waals surface area contributed by atoms with E-state index in [-0.39, 0.29) is 0 Å². The van der Waals surface area contributed by atoms with Gasteiger partial charge < -0.3 is 0 Å². The van der Waals surface area contributed by atoms with Gasteiger partial charge in [-0.2, -0.15) is 10.2 Å². The third kappa shape index (κ3) is 3.72. The van der Waals surface area contributed by atoms with Crippen molar-refractivity contribution >= 4 is 8.25 Å². The van der Waals surface area contributed by atoms with Crippen molar-refractivity contribution in [3.05, 3.63) is 24.3 Å². The molecule has 0 aromatic carbocycles. The summed E-state index contributed by atoms with van der Waals surface area (Å²) >= 11 is 0. The number of nitrogens with zero attached hydrogens (tertiary/aromatic N) is 4. The van der Waals surface area contributed by atoms with E-state index in [1.807, 2.05) is 13.8 Å². The molecule has 2 heterocycles. The van der Waals surface area contributed by atoms with Crippen LogP contribution in [0.2, 0.25) is 0 Å². The number of hydrogen-bond acceptors (Lipinski definition) is 7. The van der Waals surface area contributed by atoms with Gasteiger partial charge in [-0.15, -0.1) is 0 Å². The van der Waals surface area contributed by atoms with Gasteiger partial charge in [-0.05, 0) is 12.8 Å². The highest BCUT2D eigenvalue weighted by molar-refractivity contribution is 7.33. The number of rotatable bonds is 8. The fraction of sp³-hybridized carbons (Fsp3) is 0.600. The molecule has 2 aromatic rings. The number of hydrogen-bond donors (Lipinski definition) is 2. The molecule has 0 spiro atoms. The first-order chi connectivity index (χ1) is 9.74. The Bertz CT molecular complexity index is 471. The molecule has 0 amide bonds. The molecule has 0 radical (unpaired) electrons. The largest absolute Gasteiger partial charge is 0.320 e. The predicted molar refractivity (Wildman–Crippen MR) is 70.0 cm³/mol. The van der Waals surface area contributed by atoms with Crippen LogP contribution in [0, 0.1) is 0 Å². The van der Waals surface area contributed by atoms with Crippen molar-refractivity contribution in [2.45, 2.75) is 38.9 Å². The average molecular weight is 300 g/mol. The van der Waals surface area contributed by atoms with Crippen LogP contribution >= 0.6 is 8.25 Å². The van der Waals surface area contributed by atoms with E-state index in [1.165, 1.54) is 12.7 Å². The van der Waals surface area contributed by atoms with Gasteiger partial charge in [-0.1, -0.05) is 13.8 Å². The lowest BCUT2D eigenvalue weighted by Gasteiger charge is -2.16. The Kier molecular flexibility index (Phi) is 5.40. The van der Waals surface area contributed by atoms with Crippen LogP contribution in [0.4, 0.5) is 0 Å². The first-order valence-electron chi connectivity index (χ1n) is 6.33. The van der Waals surface area contributed by atoms with E-state index in [0.717, 1.165) is 0 Å². The normalized spacial score (nSPS) is 15.9. The fourth-order valence-corrected chi connectivity index (χ4v) is 2.71. The highest BCUT2D eigenvalue weighted by Gasteiger charge is 2.21. The topological polar surface area (TPSA) is 119 Å². The zero-order valence-electron chi connectivity index (χ0n) is 11.2. The van der Waals surface area contributed by atoms with Crippen LogP contribution in [0.5, 0.6) is 0 Å². The zero-order valence-corrected chi connectivity index (χ0v) is 12.2. The van der Waals surface area contributed by atoms with Gasteiger partial charge in [0, 0.05) is 0 Å². The summed E-state index contributed by atoms with van der Waals surface area (Å²) in [6, 6.07) is 0. The predicted octanol–water partition coefficient (Wildman–Crippen LogP) is 1.95. The second-order valence-electron chi connectivity index (χ2n) is 3.99. The van der Waals surface area contributed by atoms with Crippen LogP contribution in [0.1, 0.15) is 50.5 Å². The molecule has 2 aromatic heterocycles. The van der Waals surface area contributed by atoms with E-state index >= 15 is 0 Å². The molecule has 0 fully saturated rings. The van der Waals surface area contributed by atoms with Gasteiger partial charge in [0.05, 0.1) is 0 Å². The molecule has 9 nitrogen and oxygen atoms in total.